The van der Waals surface area contributed by atoms with Crippen LogP contribution in [0.3, 0.4) is 0 Å². The Balaban J connectivity index is 2.41. The van der Waals surface area contributed by atoms with Crippen LogP contribution in [-0.2, 0) is 9.59 Å². The van der Waals surface area contributed by atoms with Gasteiger partial charge >= 0.3 is 0 Å². The second-order valence-electron chi connectivity index (χ2n) is 2.41. The van der Waals surface area contributed by atoms with Crippen LogP contribution in [0.1, 0.15) is 0 Å². The minimum Gasteiger partial charge on any atom is -0.350 e. The van der Waals surface area contributed by atoms with Crippen molar-refractivity contribution in [3.8, 4) is 0 Å². The smallest absolute Gasteiger partial charge is 0.243 e. The average Bonchev–Trinajstić information content (AvgIpc) is 2.16. The van der Waals surface area contributed by atoms with Crippen LogP contribution in [0.2, 0.25) is 0 Å². The van der Waals surface area contributed by atoms with Crippen molar-refractivity contribution in [3.05, 3.63) is 30.3 Å². The van der Waals surface area contributed by atoms with Crippen molar-refractivity contribution in [2.75, 3.05) is 11.9 Å². The molecule has 0 bridgehead atoms. The first-order chi connectivity index (χ1) is 6.33. The zero-order valence-electron chi connectivity index (χ0n) is 6.99. The van der Waals surface area contributed by atoms with E-state index < -0.39 is 0 Å². The van der Waals surface area contributed by atoms with Gasteiger partial charge < -0.3 is 10.6 Å². The van der Waals surface area contributed by atoms with Gasteiger partial charge in [-0.1, -0.05) is 18.2 Å². The summed E-state index contributed by atoms with van der Waals surface area (Å²) in [5, 5.41) is 4.89. The standard InChI is InChI=1S/C9H10N2O2/c12-7-10-6-9(13)11-8-4-2-1-3-5-8/h1-5,7H,6H2,(H,10,12)(H,11,13). The molecular formula is C9H10N2O2. The number of hydrogen-bond acceptors (Lipinski definition) is 2. The lowest BCUT2D eigenvalue weighted by Crippen LogP contribution is -2.26. The predicted octanol–water partition coefficient (Wildman–Crippen LogP) is 0.371. The molecule has 1 aromatic carbocycles. The fraction of sp³-hybridized carbons (Fsp3) is 0.111. The molecule has 68 valence electrons. The normalized spacial score (nSPS) is 8.92. The van der Waals surface area contributed by atoms with Crippen molar-refractivity contribution in [1.82, 2.24) is 5.32 Å². The van der Waals surface area contributed by atoms with Crippen LogP contribution in [-0.4, -0.2) is 18.9 Å². The monoisotopic (exact) mass is 178 g/mol. The van der Waals surface area contributed by atoms with Crippen molar-refractivity contribution in [2.24, 2.45) is 0 Å². The molecule has 0 heterocycles. The van der Waals surface area contributed by atoms with Crippen molar-refractivity contribution in [1.29, 1.82) is 0 Å². The van der Waals surface area contributed by atoms with E-state index in [9.17, 15) is 9.59 Å². The molecule has 0 unspecified atom stereocenters. The Morgan fingerprint density at radius 3 is 2.62 bits per heavy atom. The van der Waals surface area contributed by atoms with Crippen LogP contribution in [0.4, 0.5) is 5.69 Å². The number of anilines is 1. The first-order valence-electron chi connectivity index (χ1n) is 3.85. The second kappa shape index (κ2) is 4.92. The number of amides is 2. The van der Waals surface area contributed by atoms with E-state index in [0.29, 0.717) is 6.41 Å². The van der Waals surface area contributed by atoms with E-state index in [1.54, 1.807) is 12.1 Å². The van der Waals surface area contributed by atoms with E-state index in [1.807, 2.05) is 18.2 Å². The lowest BCUT2D eigenvalue weighted by molar-refractivity contribution is -0.118. The average molecular weight is 178 g/mol. The number of hydrogen-bond donors (Lipinski definition) is 2. The zero-order chi connectivity index (χ0) is 9.52. The van der Waals surface area contributed by atoms with Gasteiger partial charge in [-0.3, -0.25) is 9.59 Å². The molecule has 0 aromatic heterocycles. The molecule has 2 N–H and O–H groups in total. The van der Waals surface area contributed by atoms with Gasteiger partial charge in [0.05, 0.1) is 6.54 Å². The fourth-order valence-electron chi connectivity index (χ4n) is 0.861. The highest BCUT2D eigenvalue weighted by Gasteiger charge is 1.98. The van der Waals surface area contributed by atoms with Crippen LogP contribution in [0.15, 0.2) is 30.3 Å². The van der Waals surface area contributed by atoms with Gasteiger partial charge in [-0.05, 0) is 12.1 Å². The number of nitrogens with one attached hydrogen (secondary N) is 2. The van der Waals surface area contributed by atoms with Gasteiger partial charge in [-0.2, -0.15) is 0 Å². The van der Waals surface area contributed by atoms with Crippen molar-refractivity contribution in [2.45, 2.75) is 0 Å². The zero-order valence-corrected chi connectivity index (χ0v) is 6.99. The molecule has 13 heavy (non-hydrogen) atoms. The highest BCUT2D eigenvalue weighted by atomic mass is 16.2. The van der Waals surface area contributed by atoms with Gasteiger partial charge in [0, 0.05) is 5.69 Å². The summed E-state index contributed by atoms with van der Waals surface area (Å²) in [6, 6.07) is 9.06. The van der Waals surface area contributed by atoms with Crippen molar-refractivity contribution < 1.29 is 9.59 Å². The minimum absolute atomic E-state index is 0.00159. The molecule has 4 heteroatoms. The highest BCUT2D eigenvalue weighted by molar-refractivity contribution is 5.92. The molecular weight excluding hydrogens is 168 g/mol. The summed E-state index contributed by atoms with van der Waals surface area (Å²) in [5.74, 6) is -0.238. The van der Waals surface area contributed by atoms with Gasteiger partial charge in [-0.25, -0.2) is 0 Å². The molecule has 0 radical (unpaired) electrons. The topological polar surface area (TPSA) is 58.2 Å². The molecule has 0 fully saturated rings. The van der Waals surface area contributed by atoms with E-state index in [0.717, 1.165) is 5.69 Å². The summed E-state index contributed by atoms with van der Waals surface area (Å²) in [7, 11) is 0. The summed E-state index contributed by atoms with van der Waals surface area (Å²) in [6.07, 6.45) is 0.491. The molecule has 1 rings (SSSR count). The fourth-order valence-corrected chi connectivity index (χ4v) is 0.861. The predicted molar refractivity (Wildman–Crippen MR) is 49.1 cm³/mol. The molecule has 2 amide bonds. The molecule has 0 aliphatic heterocycles. The number of carbonyl (C=O) groups excluding carboxylic acids is 2. The Morgan fingerprint density at radius 2 is 2.00 bits per heavy atom. The largest absolute Gasteiger partial charge is 0.350 e. The van der Waals surface area contributed by atoms with Gasteiger partial charge in [-0.15, -0.1) is 0 Å². The van der Waals surface area contributed by atoms with Crippen LogP contribution in [0.5, 0.6) is 0 Å². The molecule has 0 aliphatic rings. The molecule has 4 nitrogen and oxygen atoms in total. The third-order valence-corrected chi connectivity index (χ3v) is 1.40. The first-order valence-corrected chi connectivity index (χ1v) is 3.85. The van der Waals surface area contributed by atoms with Crippen LogP contribution >= 0.6 is 0 Å². The summed E-state index contributed by atoms with van der Waals surface area (Å²) < 4.78 is 0. The molecule has 0 saturated carbocycles. The maximum absolute atomic E-state index is 11.0. The van der Waals surface area contributed by atoms with E-state index in [2.05, 4.69) is 10.6 Å². The Bertz CT molecular complexity index is 285. The maximum Gasteiger partial charge on any atom is 0.243 e. The van der Waals surface area contributed by atoms with E-state index in [-0.39, 0.29) is 12.5 Å². The highest BCUT2D eigenvalue weighted by Crippen LogP contribution is 2.03. The quantitative estimate of drug-likeness (QED) is 0.654. The summed E-state index contributed by atoms with van der Waals surface area (Å²) >= 11 is 0. The lowest BCUT2D eigenvalue weighted by atomic mass is 10.3. The van der Waals surface area contributed by atoms with Gasteiger partial charge in [0.15, 0.2) is 0 Å². The number of rotatable bonds is 4. The van der Waals surface area contributed by atoms with E-state index in [4.69, 9.17) is 0 Å². The Morgan fingerprint density at radius 1 is 1.31 bits per heavy atom. The SMILES string of the molecule is O=CNCC(=O)Nc1ccccc1. The molecule has 1 aromatic rings. The Hall–Kier alpha value is -1.84. The number of para-hydroxylation sites is 1. The third kappa shape index (κ3) is 3.37. The molecule has 0 atom stereocenters. The van der Waals surface area contributed by atoms with Gasteiger partial charge in [0.2, 0.25) is 12.3 Å². The van der Waals surface area contributed by atoms with Crippen molar-refractivity contribution >= 4 is 18.0 Å². The van der Waals surface area contributed by atoms with Gasteiger partial charge in [0.1, 0.15) is 0 Å². The molecule has 0 spiro atoms. The second-order valence-corrected chi connectivity index (χ2v) is 2.41. The third-order valence-electron chi connectivity index (χ3n) is 1.40. The van der Waals surface area contributed by atoms with Crippen molar-refractivity contribution in [3.63, 3.8) is 0 Å². The van der Waals surface area contributed by atoms with Crippen LogP contribution in [0.25, 0.3) is 0 Å². The van der Waals surface area contributed by atoms with Gasteiger partial charge in [0.25, 0.3) is 0 Å². The minimum atomic E-state index is -0.238. The number of benzene rings is 1. The summed E-state index contributed by atoms with van der Waals surface area (Å²) in [5.41, 5.74) is 0.722. The van der Waals surface area contributed by atoms with Crippen LogP contribution < -0.4 is 10.6 Å². The summed E-state index contributed by atoms with van der Waals surface area (Å²) in [6.45, 7) is -0.00159. The maximum atomic E-state index is 11.0. The molecule has 0 aliphatic carbocycles. The Kier molecular flexibility index (Phi) is 3.50. The van der Waals surface area contributed by atoms with E-state index >= 15 is 0 Å². The number of carbonyl (C=O) groups is 2. The summed E-state index contributed by atoms with van der Waals surface area (Å²) in [4.78, 5) is 20.9. The molecule has 0 saturated heterocycles. The lowest BCUT2D eigenvalue weighted by Gasteiger charge is -2.02. The Labute approximate surface area is 75.9 Å². The first kappa shape index (κ1) is 9.25. The van der Waals surface area contributed by atoms with Crippen LogP contribution in [0, 0.1) is 0 Å². The van der Waals surface area contributed by atoms with E-state index in [1.165, 1.54) is 0 Å².